The monoisotopic (exact) mass is 743 g/mol. The standard InChI is InChI=1S/C40H44ClF2N7O3/c1-47(29-12-16-49(21-29)33(51)10-9-28-11-15-48(28)19-25-22-52-23-25)38-31-18-44-36(30-7-2-5-26-6-3-8-32(41)34(26)30)35(43)37(31)45-39(46-38)53-24-40-13-4-14-50(40)20-27(42)17-40/h2-3,5-10,18,25,27-29H,4,11-17,19-24H2,1H3/b10-9+/t27-,28?,29-,40+/m1/s1. The van der Waals surface area contributed by atoms with E-state index in [9.17, 15) is 9.18 Å². The maximum atomic E-state index is 16.9. The van der Waals surface area contributed by atoms with Crippen molar-refractivity contribution in [2.24, 2.45) is 5.92 Å². The summed E-state index contributed by atoms with van der Waals surface area (Å²) in [5.74, 6) is 0.445. The van der Waals surface area contributed by atoms with E-state index in [1.54, 1.807) is 18.3 Å². The van der Waals surface area contributed by atoms with Crippen LogP contribution in [0, 0.1) is 11.7 Å². The fourth-order valence-electron chi connectivity index (χ4n) is 9.04. The van der Waals surface area contributed by atoms with Gasteiger partial charge in [0, 0.05) is 92.4 Å². The van der Waals surface area contributed by atoms with Crippen LogP contribution in [-0.2, 0) is 9.53 Å². The molecule has 13 heteroatoms. The molecule has 2 aromatic heterocycles. The number of aromatic nitrogens is 3. The molecule has 5 saturated heterocycles. The third kappa shape index (κ3) is 6.41. The first kappa shape index (κ1) is 34.8. The third-order valence-corrected chi connectivity index (χ3v) is 12.5. The summed E-state index contributed by atoms with van der Waals surface area (Å²) in [6, 6.07) is 11.4. The Bertz CT molecular complexity index is 2080. The number of rotatable bonds is 10. The van der Waals surface area contributed by atoms with Crippen LogP contribution in [0.25, 0.3) is 32.9 Å². The summed E-state index contributed by atoms with van der Waals surface area (Å²) >= 11 is 6.64. The molecule has 5 aliphatic heterocycles. The van der Waals surface area contributed by atoms with E-state index in [0.717, 1.165) is 57.5 Å². The lowest BCUT2D eigenvalue weighted by molar-refractivity contribution is -0.125. The molecule has 53 heavy (non-hydrogen) atoms. The number of fused-ring (bicyclic) bond motifs is 3. The van der Waals surface area contributed by atoms with Crippen molar-refractivity contribution in [3.63, 3.8) is 0 Å². The van der Waals surface area contributed by atoms with Crippen molar-refractivity contribution in [1.29, 1.82) is 0 Å². The van der Waals surface area contributed by atoms with Gasteiger partial charge in [-0.3, -0.25) is 19.6 Å². The average molecular weight is 744 g/mol. The Morgan fingerprint density at radius 2 is 1.98 bits per heavy atom. The van der Waals surface area contributed by atoms with Crippen molar-refractivity contribution in [1.82, 2.24) is 29.7 Å². The van der Waals surface area contributed by atoms with Crippen LogP contribution in [0.3, 0.4) is 0 Å². The molecule has 4 atom stereocenters. The lowest BCUT2D eigenvalue weighted by atomic mass is 9.95. The highest BCUT2D eigenvalue weighted by atomic mass is 35.5. The molecule has 7 heterocycles. The van der Waals surface area contributed by atoms with Gasteiger partial charge in [-0.2, -0.15) is 9.97 Å². The van der Waals surface area contributed by atoms with Gasteiger partial charge < -0.3 is 19.3 Å². The van der Waals surface area contributed by atoms with Crippen LogP contribution in [0.1, 0.15) is 32.1 Å². The SMILES string of the molecule is CN(c1nc(OC[C@@]23CCCN2C[C@H](F)C3)nc2c(F)c(-c3cccc4cccc(Cl)c34)ncc12)[C@@H]1CCN(C(=O)/C=C/C2CCN2CC2COC2)C1. The lowest BCUT2D eigenvalue weighted by Gasteiger charge is -2.43. The minimum atomic E-state index is -0.908. The van der Waals surface area contributed by atoms with Gasteiger partial charge in [-0.05, 0) is 43.7 Å². The highest BCUT2D eigenvalue weighted by Gasteiger charge is 2.49. The second-order valence-electron chi connectivity index (χ2n) is 15.5. The number of pyridine rings is 1. The van der Waals surface area contributed by atoms with Gasteiger partial charge in [0.1, 0.15) is 29.8 Å². The van der Waals surface area contributed by atoms with E-state index >= 15 is 4.39 Å². The quantitative estimate of drug-likeness (QED) is 0.184. The molecule has 0 bridgehead atoms. The van der Waals surface area contributed by atoms with E-state index in [2.05, 4.69) is 19.8 Å². The predicted octanol–water partition coefficient (Wildman–Crippen LogP) is 5.91. The number of alkyl halides is 1. The first-order valence-corrected chi connectivity index (χ1v) is 19.2. The number of anilines is 1. The number of ether oxygens (including phenoxy) is 2. The van der Waals surface area contributed by atoms with Gasteiger partial charge in [-0.25, -0.2) is 8.78 Å². The summed E-state index contributed by atoms with van der Waals surface area (Å²) in [6.45, 7) is 6.25. The van der Waals surface area contributed by atoms with E-state index in [0.29, 0.717) is 71.6 Å². The number of hydrogen-bond donors (Lipinski definition) is 0. The first-order chi connectivity index (χ1) is 25.8. The number of halogens is 3. The van der Waals surface area contributed by atoms with Gasteiger partial charge in [-0.15, -0.1) is 0 Å². The highest BCUT2D eigenvalue weighted by molar-refractivity contribution is 6.36. The van der Waals surface area contributed by atoms with Crippen LogP contribution in [-0.4, -0.2) is 125 Å². The van der Waals surface area contributed by atoms with Crippen LogP contribution in [0.4, 0.5) is 14.6 Å². The number of likely N-dealkylation sites (tertiary alicyclic amines) is 2. The number of hydrogen-bond acceptors (Lipinski definition) is 9. The van der Waals surface area contributed by atoms with Crippen LogP contribution < -0.4 is 9.64 Å². The van der Waals surface area contributed by atoms with E-state index in [1.165, 1.54) is 0 Å². The Balaban J connectivity index is 1.01. The fourth-order valence-corrected chi connectivity index (χ4v) is 9.32. The molecule has 0 N–H and O–H groups in total. The summed E-state index contributed by atoms with van der Waals surface area (Å²) in [4.78, 5) is 35.9. The fraction of sp³-hybridized carbons (Fsp3) is 0.500. The number of nitrogens with zero attached hydrogens (tertiary/aromatic N) is 7. The summed E-state index contributed by atoms with van der Waals surface area (Å²) < 4.78 is 43.1. The lowest BCUT2D eigenvalue weighted by Crippen LogP contribution is -2.51. The predicted molar refractivity (Wildman–Crippen MR) is 201 cm³/mol. The molecule has 0 saturated carbocycles. The van der Waals surface area contributed by atoms with Gasteiger partial charge in [-0.1, -0.05) is 48.0 Å². The Morgan fingerprint density at radius 1 is 1.13 bits per heavy atom. The molecule has 2 aromatic carbocycles. The van der Waals surface area contributed by atoms with Crippen molar-refractivity contribution in [3.8, 4) is 17.3 Å². The van der Waals surface area contributed by atoms with Crippen molar-refractivity contribution >= 4 is 45.0 Å². The molecular formula is C40H44ClF2N7O3. The molecule has 0 aliphatic carbocycles. The van der Waals surface area contributed by atoms with Crippen molar-refractivity contribution in [2.45, 2.75) is 55.9 Å². The summed E-state index contributed by atoms with van der Waals surface area (Å²) in [5.41, 5.74) is 0.340. The zero-order valence-electron chi connectivity index (χ0n) is 29.9. The minimum absolute atomic E-state index is 0.00879. The van der Waals surface area contributed by atoms with Crippen molar-refractivity contribution in [3.05, 3.63) is 65.6 Å². The van der Waals surface area contributed by atoms with Crippen LogP contribution in [0.5, 0.6) is 6.01 Å². The summed E-state index contributed by atoms with van der Waals surface area (Å²) in [5, 5.41) is 2.51. The van der Waals surface area contributed by atoms with Gasteiger partial charge >= 0.3 is 6.01 Å². The Kier molecular flexibility index (Phi) is 9.20. The number of benzene rings is 2. The Hall–Kier alpha value is -3.97. The largest absolute Gasteiger partial charge is 0.461 e. The minimum Gasteiger partial charge on any atom is -0.461 e. The molecule has 1 amide bonds. The molecule has 5 fully saturated rings. The Morgan fingerprint density at radius 3 is 2.77 bits per heavy atom. The van der Waals surface area contributed by atoms with Crippen LogP contribution in [0.15, 0.2) is 54.7 Å². The number of carbonyl (C=O) groups is 1. The molecule has 9 rings (SSSR count). The van der Waals surface area contributed by atoms with E-state index in [4.69, 9.17) is 26.1 Å². The van der Waals surface area contributed by atoms with Crippen molar-refractivity contribution in [2.75, 3.05) is 71.0 Å². The number of carbonyl (C=O) groups excluding carboxylic acids is 1. The number of likely N-dealkylation sites (N-methyl/N-ethyl adjacent to an activating group) is 1. The molecule has 278 valence electrons. The van der Waals surface area contributed by atoms with Gasteiger partial charge in [0.2, 0.25) is 5.91 Å². The molecule has 1 unspecified atom stereocenters. The molecule has 0 spiro atoms. The van der Waals surface area contributed by atoms with Crippen LogP contribution >= 0.6 is 11.6 Å². The first-order valence-electron chi connectivity index (χ1n) is 18.8. The maximum absolute atomic E-state index is 16.9. The summed E-state index contributed by atoms with van der Waals surface area (Å²) in [6.07, 6.45) is 8.43. The van der Waals surface area contributed by atoms with E-state index in [1.807, 2.05) is 53.3 Å². The number of amides is 1. The molecular weight excluding hydrogens is 700 g/mol. The smallest absolute Gasteiger partial charge is 0.319 e. The summed E-state index contributed by atoms with van der Waals surface area (Å²) in [7, 11) is 1.91. The highest BCUT2D eigenvalue weighted by Crippen LogP contribution is 2.41. The van der Waals surface area contributed by atoms with E-state index < -0.39 is 17.5 Å². The van der Waals surface area contributed by atoms with Gasteiger partial charge in [0.05, 0.1) is 24.1 Å². The second-order valence-corrected chi connectivity index (χ2v) is 15.9. The molecule has 5 aliphatic rings. The zero-order valence-corrected chi connectivity index (χ0v) is 30.7. The van der Waals surface area contributed by atoms with E-state index in [-0.39, 0.29) is 35.8 Å². The Labute approximate surface area is 312 Å². The van der Waals surface area contributed by atoms with Crippen LogP contribution in [0.2, 0.25) is 5.02 Å². The molecule has 0 radical (unpaired) electrons. The molecule has 10 nitrogen and oxygen atoms in total. The van der Waals surface area contributed by atoms with Gasteiger partial charge in [0.15, 0.2) is 5.82 Å². The topological polar surface area (TPSA) is 87.2 Å². The molecule has 4 aromatic rings. The third-order valence-electron chi connectivity index (χ3n) is 12.2. The maximum Gasteiger partial charge on any atom is 0.319 e. The average Bonchev–Trinajstić information content (AvgIpc) is 3.84. The normalized spacial score (nSPS) is 26.4. The van der Waals surface area contributed by atoms with Crippen molar-refractivity contribution < 1.29 is 23.0 Å². The van der Waals surface area contributed by atoms with Gasteiger partial charge in [0.25, 0.3) is 0 Å². The zero-order chi connectivity index (χ0) is 36.3. The second kappa shape index (κ2) is 14.0.